The Labute approximate surface area is 269 Å². The van der Waals surface area contributed by atoms with Crippen LogP contribution in [0.1, 0.15) is 29.4 Å². The second-order valence-corrected chi connectivity index (χ2v) is 12.8. The molecule has 3 unspecified atom stereocenters. The lowest BCUT2D eigenvalue weighted by Crippen LogP contribution is -2.74. The number of piperidine rings is 1. The first kappa shape index (κ1) is 28.9. The molecule has 0 saturated carbocycles. The van der Waals surface area contributed by atoms with Crippen molar-refractivity contribution in [2.45, 2.75) is 43.8 Å². The van der Waals surface area contributed by atoms with Crippen LogP contribution in [0.3, 0.4) is 0 Å². The smallest absolute Gasteiger partial charge is 0.449 e. The molecule has 44 heavy (non-hydrogen) atoms. The number of hydrogen-bond acceptors (Lipinski definition) is 8. The number of amides is 2. The van der Waals surface area contributed by atoms with E-state index in [2.05, 4.69) is 64.5 Å². The molecular formula is C30H29Br2N7O5. The topological polar surface area (TPSA) is 158 Å². The Morgan fingerprint density at radius 3 is 2.75 bits per heavy atom. The van der Waals surface area contributed by atoms with Crippen molar-refractivity contribution in [1.29, 1.82) is 0 Å². The van der Waals surface area contributed by atoms with Crippen LogP contribution in [-0.4, -0.2) is 68.6 Å². The van der Waals surface area contributed by atoms with E-state index >= 15 is 0 Å². The SMILES string of the molecule is Nc1c(Br)cc(CC(NC(=O)N2CCC3O[C@@H]2C3N2CNc3ccccc3C2)c2nc3ccc(OC(=O)O)cc3[nH]2)cc1Br. The van der Waals surface area contributed by atoms with Gasteiger partial charge in [-0.15, -0.1) is 0 Å². The quantitative estimate of drug-likeness (QED) is 0.0996. The van der Waals surface area contributed by atoms with Crippen molar-refractivity contribution < 1.29 is 24.2 Å². The van der Waals surface area contributed by atoms with Gasteiger partial charge in [0.1, 0.15) is 11.6 Å². The summed E-state index contributed by atoms with van der Waals surface area (Å²) < 4.78 is 12.5. The van der Waals surface area contributed by atoms with E-state index in [-0.39, 0.29) is 30.2 Å². The zero-order valence-corrected chi connectivity index (χ0v) is 26.5. The van der Waals surface area contributed by atoms with E-state index in [1.807, 2.05) is 24.3 Å². The molecule has 4 aromatic rings. The maximum Gasteiger partial charge on any atom is 0.511 e. The third-order valence-electron chi connectivity index (χ3n) is 8.38. The Morgan fingerprint density at radius 1 is 1.18 bits per heavy atom. The number of carbonyl (C=O) groups is 2. The van der Waals surface area contributed by atoms with Crippen LogP contribution in [0.5, 0.6) is 5.75 Å². The van der Waals surface area contributed by atoms with Gasteiger partial charge in [-0.1, -0.05) is 18.2 Å². The largest absolute Gasteiger partial charge is 0.511 e. The van der Waals surface area contributed by atoms with Crippen LogP contribution >= 0.6 is 31.9 Å². The van der Waals surface area contributed by atoms with Crippen LogP contribution in [-0.2, 0) is 17.7 Å². The predicted octanol–water partition coefficient (Wildman–Crippen LogP) is 5.40. The summed E-state index contributed by atoms with van der Waals surface area (Å²) in [4.78, 5) is 37.1. The van der Waals surface area contributed by atoms with Crippen LogP contribution < -0.4 is 21.1 Å². The summed E-state index contributed by atoms with van der Waals surface area (Å²) in [7, 11) is 0. The van der Waals surface area contributed by atoms with Crippen molar-refractivity contribution in [2.75, 3.05) is 24.3 Å². The summed E-state index contributed by atoms with van der Waals surface area (Å²) in [6.45, 7) is 2.05. The van der Waals surface area contributed by atoms with Gasteiger partial charge in [0.2, 0.25) is 0 Å². The summed E-state index contributed by atoms with van der Waals surface area (Å²) in [6, 6.07) is 16.2. The van der Waals surface area contributed by atoms with Crippen molar-refractivity contribution >= 4 is 66.5 Å². The lowest BCUT2D eigenvalue weighted by atomic mass is 9.91. The van der Waals surface area contributed by atoms with E-state index in [0.29, 0.717) is 42.2 Å². The minimum atomic E-state index is -1.40. The normalized spacial score (nSPS) is 21.6. The first-order chi connectivity index (χ1) is 21.2. The van der Waals surface area contributed by atoms with Crippen LogP contribution in [0.15, 0.2) is 63.5 Å². The first-order valence-corrected chi connectivity index (χ1v) is 15.7. The van der Waals surface area contributed by atoms with E-state index in [4.69, 9.17) is 25.3 Å². The van der Waals surface area contributed by atoms with E-state index in [1.54, 1.807) is 17.0 Å². The molecule has 228 valence electrons. The van der Waals surface area contributed by atoms with Crippen LogP contribution in [0.2, 0.25) is 0 Å². The van der Waals surface area contributed by atoms with Gasteiger partial charge in [-0.2, -0.15) is 0 Å². The van der Waals surface area contributed by atoms with E-state index in [0.717, 1.165) is 33.2 Å². The fourth-order valence-corrected chi connectivity index (χ4v) is 7.52. The maximum atomic E-state index is 13.9. The number of hydrogen-bond donors (Lipinski definition) is 5. The van der Waals surface area contributed by atoms with Crippen molar-refractivity contribution in [2.24, 2.45) is 0 Å². The zero-order valence-electron chi connectivity index (χ0n) is 23.3. The van der Waals surface area contributed by atoms with Gasteiger partial charge in [0, 0.05) is 40.2 Å². The van der Waals surface area contributed by atoms with Gasteiger partial charge in [0.25, 0.3) is 0 Å². The number of anilines is 2. The predicted molar refractivity (Wildman–Crippen MR) is 170 cm³/mol. The molecule has 3 saturated heterocycles. The zero-order chi connectivity index (χ0) is 30.5. The van der Waals surface area contributed by atoms with E-state index < -0.39 is 12.2 Å². The second-order valence-electron chi connectivity index (χ2n) is 11.1. The average Bonchev–Trinajstić information content (AvgIpc) is 3.42. The Kier molecular flexibility index (Phi) is 7.60. The van der Waals surface area contributed by atoms with Gasteiger partial charge in [-0.3, -0.25) is 9.80 Å². The van der Waals surface area contributed by atoms with Crippen LogP contribution in [0.4, 0.5) is 21.0 Å². The lowest BCUT2D eigenvalue weighted by Gasteiger charge is -2.58. The molecule has 4 atom stereocenters. The Hall–Kier alpha value is -3.85. The highest BCUT2D eigenvalue weighted by Gasteiger charge is 2.54. The van der Waals surface area contributed by atoms with E-state index in [9.17, 15) is 9.59 Å². The number of aromatic amines is 1. The minimum Gasteiger partial charge on any atom is -0.449 e. The second kappa shape index (κ2) is 11.6. The summed E-state index contributed by atoms with van der Waals surface area (Å²) in [5.74, 6) is 0.681. The number of halogens is 2. The highest BCUT2D eigenvalue weighted by molar-refractivity contribution is 9.11. The molecule has 0 radical (unpaired) electrons. The summed E-state index contributed by atoms with van der Waals surface area (Å²) in [5.41, 5.74) is 11.2. The van der Waals surface area contributed by atoms with Crippen LogP contribution in [0, 0.1) is 0 Å². The molecule has 1 aromatic heterocycles. The number of nitrogens with one attached hydrogen (secondary N) is 3. The third kappa shape index (κ3) is 5.47. The van der Waals surface area contributed by atoms with E-state index in [1.165, 1.54) is 11.6 Å². The molecule has 0 spiro atoms. The molecule has 6 N–H and O–H groups in total. The number of fused-ring (bicyclic) bond motifs is 4. The van der Waals surface area contributed by atoms with Crippen molar-refractivity contribution in [3.63, 3.8) is 0 Å². The molecule has 3 fully saturated rings. The van der Waals surface area contributed by atoms with Gasteiger partial charge in [0.15, 0.2) is 6.23 Å². The molecule has 3 aromatic carbocycles. The number of nitrogens with two attached hydrogens (primary N) is 1. The number of para-hydroxylation sites is 1. The Balaban J connectivity index is 1.14. The molecule has 5 heterocycles. The number of nitrogen functional groups attached to an aromatic ring is 1. The number of aromatic nitrogens is 2. The number of carboxylic acid groups (broad SMARTS) is 1. The van der Waals surface area contributed by atoms with Crippen molar-refractivity contribution in [3.05, 3.63) is 80.5 Å². The molecule has 4 aliphatic heterocycles. The summed E-state index contributed by atoms with van der Waals surface area (Å²) in [6.07, 6.45) is -0.549. The molecule has 12 nitrogen and oxygen atoms in total. The number of ether oxygens (including phenoxy) is 2. The molecule has 8 rings (SSSR count). The number of benzene rings is 3. The summed E-state index contributed by atoms with van der Waals surface area (Å²) >= 11 is 7.04. The number of H-pyrrole nitrogens is 1. The molecular weight excluding hydrogens is 698 g/mol. The lowest BCUT2D eigenvalue weighted by molar-refractivity contribution is -0.272. The van der Waals surface area contributed by atoms with Crippen molar-refractivity contribution in [1.82, 2.24) is 25.1 Å². The highest BCUT2D eigenvalue weighted by Crippen LogP contribution is 2.39. The number of nitrogens with zero attached hydrogens (tertiary/aromatic N) is 3. The Bertz CT molecular complexity index is 1740. The molecule has 2 bridgehead atoms. The fourth-order valence-electron chi connectivity index (χ4n) is 6.24. The monoisotopic (exact) mass is 725 g/mol. The number of imidazole rings is 1. The first-order valence-electron chi connectivity index (χ1n) is 14.2. The number of urea groups is 1. The Morgan fingerprint density at radius 2 is 1.98 bits per heavy atom. The van der Waals surface area contributed by atoms with Gasteiger partial charge < -0.3 is 35.9 Å². The number of carbonyl (C=O) groups excluding carboxylic acids is 1. The molecule has 14 heteroatoms. The van der Waals surface area contributed by atoms with Gasteiger partial charge in [0.05, 0.1) is 41.6 Å². The molecule has 2 amide bonds. The van der Waals surface area contributed by atoms with Gasteiger partial charge in [-0.05, 0) is 79.7 Å². The molecule has 4 aliphatic rings. The van der Waals surface area contributed by atoms with Gasteiger partial charge in [-0.25, -0.2) is 14.6 Å². The maximum absolute atomic E-state index is 13.9. The van der Waals surface area contributed by atoms with Crippen molar-refractivity contribution in [3.8, 4) is 5.75 Å². The van der Waals surface area contributed by atoms with Crippen LogP contribution in [0.25, 0.3) is 11.0 Å². The fraction of sp³-hybridized carbons (Fsp3) is 0.300. The average molecular weight is 727 g/mol. The molecule has 0 aliphatic carbocycles. The minimum absolute atomic E-state index is 0.0778. The number of rotatable bonds is 6. The summed E-state index contributed by atoms with van der Waals surface area (Å²) in [5, 5.41) is 15.7. The highest BCUT2D eigenvalue weighted by atomic mass is 79.9. The third-order valence-corrected chi connectivity index (χ3v) is 9.69. The van der Waals surface area contributed by atoms with Gasteiger partial charge >= 0.3 is 12.2 Å². The standard InChI is InChI=1S/C30H29Br2N7O5/c31-18-9-15(10-19(32)25(18)33)11-23(27-35-21-6-5-17(43-30(41)42)12-22(21)36-27)37-29(40)39-8-7-24-26(28(39)44-24)38-13-16-3-1-2-4-20(16)34-14-38/h1-6,9-10,12,23-24,26,28,34H,7-8,11,13-14,33H2,(H,35,36)(H,37,40)(H,41,42)/t23?,24?,26?,28-/m1/s1.